The molecule has 1 aliphatic rings. The number of amides is 1. The number of hydrogen-bond donors (Lipinski definition) is 0. The zero-order valence-corrected chi connectivity index (χ0v) is 10.8. The Morgan fingerprint density at radius 3 is 2.82 bits per heavy atom. The van der Waals surface area contributed by atoms with Crippen molar-refractivity contribution in [3.05, 3.63) is 21.9 Å². The van der Waals surface area contributed by atoms with E-state index in [1.165, 1.54) is 18.4 Å². The minimum atomic E-state index is -0.410. The molecule has 5 heteroatoms. The molecule has 2 heterocycles. The lowest BCUT2D eigenvalue weighted by molar-refractivity contribution is -0.145. The minimum absolute atomic E-state index is 0.0587. The Hall–Kier alpha value is -1.36. The van der Waals surface area contributed by atoms with Crippen LogP contribution in [0.5, 0.6) is 0 Å². The van der Waals surface area contributed by atoms with Gasteiger partial charge in [0.1, 0.15) is 6.04 Å². The van der Waals surface area contributed by atoms with E-state index in [2.05, 4.69) is 0 Å². The van der Waals surface area contributed by atoms with Crippen molar-refractivity contribution < 1.29 is 14.3 Å². The first kappa shape index (κ1) is 12.1. The second-order valence-electron chi connectivity index (χ2n) is 4.15. The van der Waals surface area contributed by atoms with Crippen molar-refractivity contribution in [2.45, 2.75) is 25.8 Å². The molecule has 0 aromatic carbocycles. The van der Waals surface area contributed by atoms with Crippen LogP contribution in [0.3, 0.4) is 0 Å². The van der Waals surface area contributed by atoms with Gasteiger partial charge in [0.05, 0.1) is 12.7 Å². The van der Waals surface area contributed by atoms with Crippen LogP contribution in [0.2, 0.25) is 0 Å². The molecule has 0 saturated carbocycles. The smallest absolute Gasteiger partial charge is 0.328 e. The third kappa shape index (κ3) is 2.20. The summed E-state index contributed by atoms with van der Waals surface area (Å²) in [6.45, 7) is 2.54. The van der Waals surface area contributed by atoms with E-state index in [0.717, 1.165) is 12.0 Å². The fourth-order valence-electron chi connectivity index (χ4n) is 2.13. The fourth-order valence-corrected chi connectivity index (χ4v) is 2.95. The molecule has 1 aromatic rings. The fraction of sp³-hybridized carbons (Fsp3) is 0.500. The number of aryl methyl sites for hydroxylation is 1. The van der Waals surface area contributed by atoms with E-state index in [4.69, 9.17) is 4.74 Å². The first-order chi connectivity index (χ1) is 8.15. The van der Waals surface area contributed by atoms with E-state index in [1.807, 2.05) is 17.7 Å². The Kier molecular flexibility index (Phi) is 3.47. The summed E-state index contributed by atoms with van der Waals surface area (Å²) in [7, 11) is 1.36. The number of ether oxygens (including phenoxy) is 1. The van der Waals surface area contributed by atoms with Crippen LogP contribution < -0.4 is 0 Å². The maximum absolute atomic E-state index is 12.3. The molecular weight excluding hydrogens is 238 g/mol. The average Bonchev–Trinajstić information content (AvgIpc) is 2.95. The Morgan fingerprint density at radius 2 is 2.24 bits per heavy atom. The van der Waals surface area contributed by atoms with Crippen LogP contribution >= 0.6 is 11.3 Å². The summed E-state index contributed by atoms with van der Waals surface area (Å²) >= 11 is 1.51. The lowest BCUT2D eigenvalue weighted by Gasteiger charge is -2.22. The zero-order chi connectivity index (χ0) is 12.4. The van der Waals surface area contributed by atoms with Gasteiger partial charge in [0.25, 0.3) is 5.91 Å². The summed E-state index contributed by atoms with van der Waals surface area (Å²) in [4.78, 5) is 25.5. The van der Waals surface area contributed by atoms with Gasteiger partial charge in [-0.05, 0) is 30.7 Å². The number of thiophene rings is 1. The van der Waals surface area contributed by atoms with Crippen LogP contribution in [-0.2, 0) is 9.53 Å². The van der Waals surface area contributed by atoms with Crippen molar-refractivity contribution in [2.24, 2.45) is 0 Å². The van der Waals surface area contributed by atoms with E-state index >= 15 is 0 Å². The summed E-state index contributed by atoms with van der Waals surface area (Å²) in [5, 5.41) is 3.78. The topological polar surface area (TPSA) is 46.6 Å². The van der Waals surface area contributed by atoms with Crippen LogP contribution in [-0.4, -0.2) is 36.5 Å². The standard InChI is InChI=1S/C12H15NO3S/c1-8-6-17-7-9(8)11(14)13-5-3-4-10(13)12(15)16-2/h6-7,10H,3-5H2,1-2H3. The van der Waals surface area contributed by atoms with Gasteiger partial charge in [0, 0.05) is 11.9 Å². The molecule has 1 aromatic heterocycles. The monoisotopic (exact) mass is 253 g/mol. The average molecular weight is 253 g/mol. The van der Waals surface area contributed by atoms with Crippen molar-refractivity contribution >= 4 is 23.2 Å². The van der Waals surface area contributed by atoms with Gasteiger partial charge in [0.2, 0.25) is 0 Å². The maximum Gasteiger partial charge on any atom is 0.328 e. The van der Waals surface area contributed by atoms with E-state index in [0.29, 0.717) is 18.5 Å². The first-order valence-corrected chi connectivity index (χ1v) is 6.51. The van der Waals surface area contributed by atoms with Gasteiger partial charge in [0.15, 0.2) is 0 Å². The van der Waals surface area contributed by atoms with Crippen LogP contribution in [0.15, 0.2) is 10.8 Å². The third-order valence-electron chi connectivity index (χ3n) is 3.07. The van der Waals surface area contributed by atoms with Crippen LogP contribution in [0.1, 0.15) is 28.8 Å². The summed E-state index contributed by atoms with van der Waals surface area (Å²) in [6, 6.07) is -0.410. The molecule has 4 nitrogen and oxygen atoms in total. The Bertz CT molecular complexity index is 441. The van der Waals surface area contributed by atoms with Crippen molar-refractivity contribution in [1.29, 1.82) is 0 Å². The number of methoxy groups -OCH3 is 1. The molecular formula is C12H15NO3S. The molecule has 0 radical (unpaired) electrons. The highest BCUT2D eigenvalue weighted by atomic mass is 32.1. The molecule has 0 N–H and O–H groups in total. The first-order valence-electron chi connectivity index (χ1n) is 5.56. The van der Waals surface area contributed by atoms with Crippen molar-refractivity contribution in [1.82, 2.24) is 4.90 Å². The van der Waals surface area contributed by atoms with Crippen LogP contribution in [0.25, 0.3) is 0 Å². The Labute approximate surface area is 104 Å². The summed E-state index contributed by atoms with van der Waals surface area (Å²) in [6.07, 6.45) is 1.55. The molecule has 1 unspecified atom stereocenters. The SMILES string of the molecule is COC(=O)C1CCCN1C(=O)c1cscc1C. The Morgan fingerprint density at radius 1 is 1.47 bits per heavy atom. The second kappa shape index (κ2) is 4.87. The zero-order valence-electron chi connectivity index (χ0n) is 9.93. The molecule has 2 rings (SSSR count). The van der Waals surface area contributed by atoms with E-state index in [1.54, 1.807) is 4.90 Å². The summed E-state index contributed by atoms with van der Waals surface area (Å²) in [5.74, 6) is -0.375. The number of carbonyl (C=O) groups excluding carboxylic acids is 2. The highest BCUT2D eigenvalue weighted by Gasteiger charge is 2.35. The van der Waals surface area contributed by atoms with Gasteiger partial charge in [-0.2, -0.15) is 11.3 Å². The highest BCUT2D eigenvalue weighted by molar-refractivity contribution is 7.08. The quantitative estimate of drug-likeness (QED) is 0.755. The number of likely N-dealkylation sites (tertiary alicyclic amines) is 1. The molecule has 1 atom stereocenters. The van der Waals surface area contributed by atoms with Gasteiger partial charge in [-0.3, -0.25) is 4.79 Å². The highest BCUT2D eigenvalue weighted by Crippen LogP contribution is 2.23. The predicted octanol–water partition coefficient (Wildman–Crippen LogP) is 1.83. The van der Waals surface area contributed by atoms with Gasteiger partial charge in [-0.1, -0.05) is 0 Å². The number of nitrogens with zero attached hydrogens (tertiary/aromatic N) is 1. The molecule has 0 bridgehead atoms. The van der Waals surface area contributed by atoms with E-state index in [-0.39, 0.29) is 11.9 Å². The van der Waals surface area contributed by atoms with Gasteiger partial charge in [-0.15, -0.1) is 0 Å². The second-order valence-corrected chi connectivity index (χ2v) is 4.89. The molecule has 17 heavy (non-hydrogen) atoms. The molecule has 92 valence electrons. The molecule has 1 saturated heterocycles. The summed E-state index contributed by atoms with van der Waals surface area (Å²) < 4.78 is 4.73. The van der Waals surface area contributed by atoms with Crippen molar-refractivity contribution in [3.63, 3.8) is 0 Å². The van der Waals surface area contributed by atoms with Crippen molar-refractivity contribution in [2.75, 3.05) is 13.7 Å². The molecule has 1 amide bonds. The normalized spacial score (nSPS) is 19.4. The predicted molar refractivity (Wildman–Crippen MR) is 65.1 cm³/mol. The Balaban J connectivity index is 2.19. The van der Waals surface area contributed by atoms with Crippen LogP contribution in [0.4, 0.5) is 0 Å². The third-order valence-corrected chi connectivity index (χ3v) is 3.93. The minimum Gasteiger partial charge on any atom is -0.467 e. The largest absolute Gasteiger partial charge is 0.467 e. The van der Waals surface area contributed by atoms with E-state index < -0.39 is 6.04 Å². The van der Waals surface area contributed by atoms with Gasteiger partial charge in [-0.25, -0.2) is 4.79 Å². The molecule has 1 fully saturated rings. The maximum atomic E-state index is 12.3. The van der Waals surface area contributed by atoms with Crippen molar-refractivity contribution in [3.8, 4) is 0 Å². The molecule has 0 spiro atoms. The lowest BCUT2D eigenvalue weighted by atomic mass is 10.1. The number of hydrogen-bond acceptors (Lipinski definition) is 4. The lowest BCUT2D eigenvalue weighted by Crippen LogP contribution is -2.41. The van der Waals surface area contributed by atoms with Gasteiger partial charge < -0.3 is 9.64 Å². The van der Waals surface area contributed by atoms with E-state index in [9.17, 15) is 9.59 Å². The van der Waals surface area contributed by atoms with Gasteiger partial charge >= 0.3 is 5.97 Å². The number of carbonyl (C=O) groups is 2. The summed E-state index contributed by atoms with van der Waals surface area (Å²) in [5.41, 5.74) is 1.67. The molecule has 0 aliphatic carbocycles. The van der Waals surface area contributed by atoms with Crippen LogP contribution in [0, 0.1) is 6.92 Å². The number of rotatable bonds is 2. The number of esters is 1. The molecule has 1 aliphatic heterocycles.